The molecule has 0 heterocycles. The SMILES string of the molecule is CN=C(NCC(C)(C)c1ccc(OC)c(OC)c1)NC(C)(C)C.I. The summed E-state index contributed by atoms with van der Waals surface area (Å²) in [4.78, 5) is 4.28. The van der Waals surface area contributed by atoms with Gasteiger partial charge >= 0.3 is 0 Å². The van der Waals surface area contributed by atoms with Gasteiger partial charge in [-0.15, -0.1) is 24.0 Å². The Morgan fingerprint density at radius 1 is 1.04 bits per heavy atom. The van der Waals surface area contributed by atoms with E-state index in [9.17, 15) is 0 Å². The Bertz CT molecular complexity index is 552. The number of hydrogen-bond acceptors (Lipinski definition) is 3. The lowest BCUT2D eigenvalue weighted by molar-refractivity contribution is 0.353. The van der Waals surface area contributed by atoms with Crippen LogP contribution in [0.5, 0.6) is 11.5 Å². The van der Waals surface area contributed by atoms with Crippen LogP contribution >= 0.6 is 24.0 Å². The van der Waals surface area contributed by atoms with Crippen molar-refractivity contribution in [3.8, 4) is 11.5 Å². The molecule has 0 unspecified atom stereocenters. The summed E-state index contributed by atoms with van der Waals surface area (Å²) in [6, 6.07) is 6.04. The molecular weight excluding hydrogens is 417 g/mol. The van der Waals surface area contributed by atoms with E-state index in [2.05, 4.69) is 56.3 Å². The number of ether oxygens (including phenoxy) is 2. The largest absolute Gasteiger partial charge is 0.493 e. The van der Waals surface area contributed by atoms with Crippen molar-refractivity contribution >= 4 is 29.9 Å². The van der Waals surface area contributed by atoms with E-state index in [0.717, 1.165) is 24.0 Å². The maximum atomic E-state index is 5.40. The lowest BCUT2D eigenvalue weighted by Crippen LogP contribution is -2.50. The van der Waals surface area contributed by atoms with E-state index in [4.69, 9.17) is 9.47 Å². The van der Waals surface area contributed by atoms with E-state index < -0.39 is 0 Å². The van der Waals surface area contributed by atoms with Crippen molar-refractivity contribution in [1.29, 1.82) is 0 Å². The Morgan fingerprint density at radius 3 is 2.08 bits per heavy atom. The van der Waals surface area contributed by atoms with Crippen LogP contribution in [-0.2, 0) is 5.41 Å². The molecule has 0 spiro atoms. The molecule has 5 nitrogen and oxygen atoms in total. The average molecular weight is 449 g/mol. The van der Waals surface area contributed by atoms with E-state index in [1.165, 1.54) is 5.56 Å². The van der Waals surface area contributed by atoms with Gasteiger partial charge < -0.3 is 20.1 Å². The molecule has 24 heavy (non-hydrogen) atoms. The van der Waals surface area contributed by atoms with Crippen molar-refractivity contribution < 1.29 is 9.47 Å². The molecule has 0 aliphatic rings. The predicted octanol–water partition coefficient (Wildman–Crippen LogP) is 3.56. The lowest BCUT2D eigenvalue weighted by Gasteiger charge is -2.29. The van der Waals surface area contributed by atoms with E-state index in [-0.39, 0.29) is 34.9 Å². The van der Waals surface area contributed by atoms with Crippen LogP contribution in [0.2, 0.25) is 0 Å². The third-order valence-corrected chi connectivity index (χ3v) is 3.58. The normalized spacial score (nSPS) is 12.2. The maximum Gasteiger partial charge on any atom is 0.191 e. The number of halogens is 1. The van der Waals surface area contributed by atoms with Crippen molar-refractivity contribution in [3.63, 3.8) is 0 Å². The first kappa shape index (κ1) is 22.8. The standard InChI is InChI=1S/C18H31N3O2.HI/c1-17(2,3)21-16(19-6)20-12-18(4,5)13-9-10-14(22-7)15(11-13)23-8;/h9-11H,12H2,1-8H3,(H2,19,20,21);1H. The first-order chi connectivity index (χ1) is 10.6. The van der Waals surface area contributed by atoms with Gasteiger partial charge in [0.25, 0.3) is 0 Å². The molecule has 0 amide bonds. The molecule has 138 valence electrons. The number of benzene rings is 1. The Balaban J connectivity index is 0.00000529. The van der Waals surface area contributed by atoms with Gasteiger partial charge in [-0.1, -0.05) is 19.9 Å². The monoisotopic (exact) mass is 449 g/mol. The van der Waals surface area contributed by atoms with Crippen LogP contribution in [-0.4, -0.2) is 39.3 Å². The van der Waals surface area contributed by atoms with Crippen molar-refractivity contribution in [1.82, 2.24) is 10.6 Å². The fourth-order valence-electron chi connectivity index (χ4n) is 2.20. The summed E-state index contributed by atoms with van der Waals surface area (Å²) >= 11 is 0. The minimum absolute atomic E-state index is 0. The fraction of sp³-hybridized carbons (Fsp3) is 0.611. The number of rotatable bonds is 5. The number of methoxy groups -OCH3 is 2. The van der Waals surface area contributed by atoms with Gasteiger partial charge in [0.05, 0.1) is 14.2 Å². The Hall–Kier alpha value is -1.18. The van der Waals surface area contributed by atoms with Crippen LogP contribution in [0.15, 0.2) is 23.2 Å². The van der Waals surface area contributed by atoms with Crippen molar-refractivity contribution in [3.05, 3.63) is 23.8 Å². The Kier molecular flexibility index (Phi) is 8.88. The Morgan fingerprint density at radius 2 is 1.62 bits per heavy atom. The molecule has 0 radical (unpaired) electrons. The molecule has 0 atom stereocenters. The number of hydrogen-bond donors (Lipinski definition) is 2. The van der Waals surface area contributed by atoms with Crippen LogP contribution in [0, 0.1) is 0 Å². The van der Waals surface area contributed by atoms with Crippen molar-refractivity contribution in [2.24, 2.45) is 4.99 Å². The number of nitrogens with one attached hydrogen (secondary N) is 2. The molecule has 6 heteroatoms. The molecule has 1 aromatic rings. The van der Waals surface area contributed by atoms with Gasteiger partial charge in [0, 0.05) is 24.5 Å². The molecule has 0 saturated heterocycles. The quantitative estimate of drug-likeness (QED) is 0.410. The molecule has 2 N–H and O–H groups in total. The van der Waals surface area contributed by atoms with E-state index in [1.807, 2.05) is 12.1 Å². The minimum Gasteiger partial charge on any atom is -0.493 e. The maximum absolute atomic E-state index is 5.40. The smallest absolute Gasteiger partial charge is 0.191 e. The third kappa shape index (κ3) is 6.75. The van der Waals surface area contributed by atoms with Gasteiger partial charge in [0.2, 0.25) is 0 Å². The minimum atomic E-state index is -0.0882. The molecule has 0 fully saturated rings. The second-order valence-electron chi connectivity index (χ2n) is 7.25. The second kappa shape index (κ2) is 9.34. The van der Waals surface area contributed by atoms with Crippen LogP contribution in [0.1, 0.15) is 40.2 Å². The predicted molar refractivity (Wildman–Crippen MR) is 112 cm³/mol. The highest BCUT2D eigenvalue weighted by molar-refractivity contribution is 14.0. The summed E-state index contributed by atoms with van der Waals surface area (Å²) in [5.74, 6) is 2.28. The van der Waals surface area contributed by atoms with Gasteiger partial charge in [0.15, 0.2) is 17.5 Å². The highest BCUT2D eigenvalue weighted by atomic mass is 127. The van der Waals surface area contributed by atoms with Crippen LogP contribution in [0.25, 0.3) is 0 Å². The number of nitrogens with zero attached hydrogens (tertiary/aromatic N) is 1. The molecular formula is C18H32IN3O2. The fourth-order valence-corrected chi connectivity index (χ4v) is 2.20. The molecule has 1 rings (SSSR count). The van der Waals surface area contributed by atoms with Crippen molar-refractivity contribution in [2.75, 3.05) is 27.8 Å². The van der Waals surface area contributed by atoms with E-state index in [1.54, 1.807) is 21.3 Å². The number of aliphatic imine (C=N–C) groups is 1. The molecule has 0 bridgehead atoms. The highest BCUT2D eigenvalue weighted by Crippen LogP contribution is 2.32. The van der Waals surface area contributed by atoms with Gasteiger partial charge in [0.1, 0.15) is 0 Å². The number of guanidine groups is 1. The average Bonchev–Trinajstić information content (AvgIpc) is 2.49. The molecule has 0 aliphatic heterocycles. The second-order valence-corrected chi connectivity index (χ2v) is 7.25. The van der Waals surface area contributed by atoms with Gasteiger partial charge in [-0.3, -0.25) is 4.99 Å². The topological polar surface area (TPSA) is 54.9 Å². The zero-order valence-corrected chi connectivity index (χ0v) is 18.4. The molecule has 0 saturated carbocycles. The van der Waals surface area contributed by atoms with Crippen molar-refractivity contribution in [2.45, 2.75) is 45.6 Å². The Labute approximate surface area is 163 Å². The summed E-state index contributed by atoms with van der Waals surface area (Å²) < 4.78 is 10.7. The first-order valence-electron chi connectivity index (χ1n) is 7.84. The summed E-state index contributed by atoms with van der Waals surface area (Å²) in [7, 11) is 5.08. The summed E-state index contributed by atoms with van der Waals surface area (Å²) in [6.07, 6.45) is 0. The molecule has 0 aromatic heterocycles. The summed E-state index contributed by atoms with van der Waals surface area (Å²) in [6.45, 7) is 11.5. The van der Waals surface area contributed by atoms with E-state index in [0.29, 0.717) is 0 Å². The van der Waals surface area contributed by atoms with Crippen LogP contribution in [0.3, 0.4) is 0 Å². The highest BCUT2D eigenvalue weighted by Gasteiger charge is 2.23. The zero-order chi connectivity index (χ0) is 17.7. The lowest BCUT2D eigenvalue weighted by atomic mass is 9.84. The van der Waals surface area contributed by atoms with Crippen LogP contribution < -0.4 is 20.1 Å². The van der Waals surface area contributed by atoms with Crippen LogP contribution in [0.4, 0.5) is 0 Å². The van der Waals surface area contributed by atoms with Gasteiger partial charge in [-0.2, -0.15) is 0 Å². The van der Waals surface area contributed by atoms with Gasteiger partial charge in [-0.05, 0) is 38.5 Å². The summed E-state index contributed by atoms with van der Waals surface area (Å²) in [5.41, 5.74) is 1.05. The molecule has 1 aromatic carbocycles. The summed E-state index contributed by atoms with van der Waals surface area (Å²) in [5, 5.41) is 6.76. The molecule has 0 aliphatic carbocycles. The van der Waals surface area contributed by atoms with Gasteiger partial charge in [-0.25, -0.2) is 0 Å². The van der Waals surface area contributed by atoms with E-state index >= 15 is 0 Å². The zero-order valence-electron chi connectivity index (χ0n) is 16.1. The third-order valence-electron chi connectivity index (χ3n) is 3.58. The first-order valence-corrected chi connectivity index (χ1v) is 7.84.